The molecule has 3 heterocycles. The van der Waals surface area contributed by atoms with Crippen LogP contribution in [0.2, 0.25) is 0 Å². The van der Waals surface area contributed by atoms with Gasteiger partial charge in [-0.2, -0.15) is 22.7 Å². The van der Waals surface area contributed by atoms with Gasteiger partial charge in [-0.1, -0.05) is 36.4 Å². The van der Waals surface area contributed by atoms with E-state index >= 15 is 0 Å². The number of nitrogens with one attached hydrogen (secondary N) is 1. The van der Waals surface area contributed by atoms with Crippen LogP contribution in [0, 0.1) is 5.95 Å². The van der Waals surface area contributed by atoms with Crippen LogP contribution in [-0.4, -0.2) is 50.2 Å². The van der Waals surface area contributed by atoms with E-state index in [-0.39, 0.29) is 24.6 Å². The minimum Gasteiger partial charge on any atom is -0.342 e. The van der Waals surface area contributed by atoms with Gasteiger partial charge in [-0.25, -0.2) is 9.37 Å². The average molecular weight is 534 g/mol. The molecular weight excluding hydrogens is 509 g/mol. The first-order valence-electron chi connectivity index (χ1n) is 12.2. The van der Waals surface area contributed by atoms with Gasteiger partial charge in [0.1, 0.15) is 18.8 Å². The summed E-state index contributed by atoms with van der Waals surface area (Å²) in [5.41, 5.74) is 0.209. The molecule has 1 aromatic carbocycles. The summed E-state index contributed by atoms with van der Waals surface area (Å²) in [7, 11) is 0. The van der Waals surface area contributed by atoms with Gasteiger partial charge in [0, 0.05) is 18.2 Å². The number of nitrogens with zero attached hydrogens (tertiary/aromatic N) is 4. The molecule has 0 radical (unpaired) electrons. The number of alkyl halides is 4. The highest BCUT2D eigenvalue weighted by Crippen LogP contribution is 2.41. The van der Waals surface area contributed by atoms with Gasteiger partial charge >= 0.3 is 6.18 Å². The number of benzene rings is 1. The minimum absolute atomic E-state index is 0.142. The summed E-state index contributed by atoms with van der Waals surface area (Å²) in [5, 5.41) is 6.12. The molecule has 2 aliphatic rings. The lowest BCUT2D eigenvalue weighted by Crippen LogP contribution is -2.48. The molecule has 1 saturated heterocycles. The first kappa shape index (κ1) is 25.8. The van der Waals surface area contributed by atoms with E-state index in [4.69, 9.17) is 0 Å². The van der Waals surface area contributed by atoms with Crippen molar-refractivity contribution in [2.75, 3.05) is 6.54 Å². The van der Waals surface area contributed by atoms with Crippen LogP contribution < -0.4 is 5.32 Å². The first-order chi connectivity index (χ1) is 18.1. The summed E-state index contributed by atoms with van der Waals surface area (Å²) in [6.07, 6.45) is -3.68. The molecule has 1 aliphatic heterocycles. The molecule has 3 atom stereocenters. The van der Waals surface area contributed by atoms with Gasteiger partial charge in [-0.3, -0.25) is 14.3 Å². The van der Waals surface area contributed by atoms with Crippen LogP contribution in [0.15, 0.2) is 54.7 Å². The van der Waals surface area contributed by atoms with E-state index < -0.39 is 54.4 Å². The normalized spacial score (nSPS) is 20.4. The van der Waals surface area contributed by atoms with Crippen molar-refractivity contribution in [3.8, 4) is 0 Å². The second kappa shape index (κ2) is 10.1. The molecule has 2 amide bonds. The van der Waals surface area contributed by atoms with Gasteiger partial charge in [0.05, 0.1) is 18.3 Å². The molecule has 7 nitrogen and oxygen atoms in total. The Labute approximate surface area is 214 Å². The first-order valence-corrected chi connectivity index (χ1v) is 12.2. The Morgan fingerprint density at radius 1 is 1.08 bits per heavy atom. The van der Waals surface area contributed by atoms with Crippen molar-refractivity contribution in [2.45, 2.75) is 56.2 Å². The van der Waals surface area contributed by atoms with Crippen LogP contribution in [0.1, 0.15) is 53.7 Å². The van der Waals surface area contributed by atoms with Crippen molar-refractivity contribution in [3.63, 3.8) is 0 Å². The van der Waals surface area contributed by atoms with E-state index in [0.717, 1.165) is 34.7 Å². The second-order valence-corrected chi connectivity index (χ2v) is 9.53. The molecule has 1 N–H and O–H groups in total. The minimum atomic E-state index is -4.68. The number of pyridine rings is 1. The molecule has 38 heavy (non-hydrogen) atoms. The Bertz CT molecular complexity index is 1330. The van der Waals surface area contributed by atoms with Crippen molar-refractivity contribution in [2.24, 2.45) is 0 Å². The van der Waals surface area contributed by atoms with Gasteiger partial charge in [0.25, 0.3) is 0 Å². The third kappa shape index (κ3) is 5.53. The third-order valence-corrected chi connectivity index (χ3v) is 6.73. The van der Waals surface area contributed by atoms with E-state index in [1.165, 1.54) is 0 Å². The number of carbonyl (C=O) groups is 2. The molecule has 5 rings (SSSR count). The summed E-state index contributed by atoms with van der Waals surface area (Å²) >= 11 is 0. The van der Waals surface area contributed by atoms with Crippen molar-refractivity contribution < 1.29 is 31.5 Å². The Morgan fingerprint density at radius 2 is 1.82 bits per heavy atom. The number of halogens is 5. The van der Waals surface area contributed by atoms with Crippen LogP contribution in [0.5, 0.6) is 0 Å². The number of aromatic nitrogens is 3. The fraction of sp³-hybridized carbons (Fsp3) is 0.385. The summed E-state index contributed by atoms with van der Waals surface area (Å²) in [4.78, 5) is 31.3. The molecule has 3 aromatic rings. The van der Waals surface area contributed by atoms with Crippen molar-refractivity contribution >= 4 is 11.8 Å². The zero-order chi connectivity index (χ0) is 27.0. The van der Waals surface area contributed by atoms with E-state index in [1.54, 1.807) is 42.5 Å². The SMILES string of the molecule is O=C(N[C@@H](c1ccccc1)c1ccc(C2CC2)c(F)n1)[C@@H]1C[C@@H](F)CN1C(=O)Cn1ccc(C(F)(F)F)n1. The molecule has 2 aromatic heterocycles. The molecule has 0 spiro atoms. The van der Waals surface area contributed by atoms with Crippen LogP contribution in [-0.2, 0) is 22.3 Å². The molecule has 1 saturated carbocycles. The van der Waals surface area contributed by atoms with Crippen molar-refractivity contribution in [1.29, 1.82) is 0 Å². The summed E-state index contributed by atoms with van der Waals surface area (Å²) in [5.74, 6) is -1.91. The standard InChI is InChI=1S/C26H24F5N5O2/c27-17-12-20(36(13-17)22(37)14-35-11-10-21(34-35)26(29,30)31)25(38)33-23(16-4-2-1-3-5-16)19-9-8-18(15-6-7-15)24(28)32-19/h1-5,8-11,15,17,20,23H,6-7,12-14H2,(H,33,38)/t17-,20+,23+/m1/s1. The predicted octanol–water partition coefficient (Wildman–Crippen LogP) is 4.16. The van der Waals surface area contributed by atoms with Gasteiger partial charge < -0.3 is 10.2 Å². The number of hydrogen-bond donors (Lipinski definition) is 1. The zero-order valence-electron chi connectivity index (χ0n) is 20.0. The quantitative estimate of drug-likeness (QED) is 0.366. The van der Waals surface area contributed by atoms with E-state index in [2.05, 4.69) is 15.4 Å². The Balaban J connectivity index is 1.35. The topological polar surface area (TPSA) is 80.1 Å². The maximum absolute atomic E-state index is 14.8. The molecule has 0 bridgehead atoms. The van der Waals surface area contributed by atoms with E-state index in [9.17, 15) is 31.5 Å². The van der Waals surface area contributed by atoms with Crippen molar-refractivity contribution in [1.82, 2.24) is 25.0 Å². The van der Waals surface area contributed by atoms with Gasteiger partial charge in [-0.05, 0) is 36.5 Å². The Kier molecular flexibility index (Phi) is 6.89. The maximum Gasteiger partial charge on any atom is 0.435 e. The van der Waals surface area contributed by atoms with Crippen LogP contribution >= 0.6 is 0 Å². The Hall–Kier alpha value is -3.83. The summed E-state index contributed by atoms with van der Waals surface area (Å²) in [6, 6.07) is 10.6. The number of carbonyl (C=O) groups excluding carboxylic acids is 2. The lowest BCUT2D eigenvalue weighted by Gasteiger charge is -2.26. The fourth-order valence-corrected chi connectivity index (χ4v) is 4.67. The molecule has 1 aliphatic carbocycles. The summed E-state index contributed by atoms with van der Waals surface area (Å²) < 4.78 is 68.5. The average Bonchev–Trinajstić information content (AvgIpc) is 3.46. The lowest BCUT2D eigenvalue weighted by molar-refractivity contribution is -0.142. The predicted molar refractivity (Wildman–Crippen MR) is 125 cm³/mol. The number of amides is 2. The van der Waals surface area contributed by atoms with Gasteiger partial charge in [-0.15, -0.1) is 0 Å². The summed E-state index contributed by atoms with van der Waals surface area (Å²) in [6.45, 7) is -0.979. The van der Waals surface area contributed by atoms with Crippen LogP contribution in [0.3, 0.4) is 0 Å². The number of hydrogen-bond acceptors (Lipinski definition) is 4. The van der Waals surface area contributed by atoms with Crippen LogP contribution in [0.25, 0.3) is 0 Å². The number of likely N-dealkylation sites (tertiary alicyclic amines) is 1. The molecule has 12 heteroatoms. The molecule has 0 unspecified atom stereocenters. The molecule has 2 fully saturated rings. The third-order valence-electron chi connectivity index (χ3n) is 6.73. The highest BCUT2D eigenvalue weighted by atomic mass is 19.4. The lowest BCUT2D eigenvalue weighted by atomic mass is 10.0. The molecular formula is C26H24F5N5O2. The maximum atomic E-state index is 14.8. The van der Waals surface area contributed by atoms with E-state index in [1.807, 2.05) is 0 Å². The highest BCUT2D eigenvalue weighted by molar-refractivity contribution is 5.88. The smallest absolute Gasteiger partial charge is 0.342 e. The fourth-order valence-electron chi connectivity index (χ4n) is 4.67. The number of rotatable bonds is 7. The van der Waals surface area contributed by atoms with Gasteiger partial charge in [0.2, 0.25) is 17.8 Å². The highest BCUT2D eigenvalue weighted by Gasteiger charge is 2.41. The van der Waals surface area contributed by atoms with Crippen molar-refractivity contribution in [3.05, 3.63) is 83.2 Å². The molecule has 200 valence electrons. The zero-order valence-corrected chi connectivity index (χ0v) is 20.0. The Morgan fingerprint density at radius 3 is 2.45 bits per heavy atom. The van der Waals surface area contributed by atoms with Crippen LogP contribution in [0.4, 0.5) is 22.0 Å². The van der Waals surface area contributed by atoms with E-state index in [0.29, 0.717) is 11.1 Å². The van der Waals surface area contributed by atoms with Gasteiger partial charge in [0.15, 0.2) is 5.69 Å². The second-order valence-electron chi connectivity index (χ2n) is 9.53. The monoisotopic (exact) mass is 533 g/mol. The largest absolute Gasteiger partial charge is 0.435 e.